The summed E-state index contributed by atoms with van der Waals surface area (Å²) >= 11 is 5.88. The molecule has 2 aromatic heterocycles. The number of ether oxygens (including phenoxy) is 3. The highest BCUT2D eigenvalue weighted by Gasteiger charge is 2.13. The Kier molecular flexibility index (Phi) is 6.61. The zero-order valence-corrected chi connectivity index (χ0v) is 17.8. The molecule has 3 rings (SSSR count). The zero-order chi connectivity index (χ0) is 21.0. The summed E-state index contributed by atoms with van der Waals surface area (Å²) in [5.74, 6) is 1.76. The molecule has 1 aromatic carbocycles. The molecule has 29 heavy (non-hydrogen) atoms. The van der Waals surface area contributed by atoms with Gasteiger partial charge in [-0.3, -0.25) is 4.68 Å². The van der Waals surface area contributed by atoms with E-state index in [1.807, 2.05) is 43.0 Å². The van der Waals surface area contributed by atoms with Gasteiger partial charge in [0.15, 0.2) is 11.5 Å². The van der Waals surface area contributed by atoms with Gasteiger partial charge in [-0.1, -0.05) is 18.2 Å². The molecule has 7 nitrogen and oxygen atoms in total. The van der Waals surface area contributed by atoms with Crippen LogP contribution in [0, 0.1) is 6.92 Å². The van der Waals surface area contributed by atoms with E-state index in [2.05, 4.69) is 22.0 Å². The van der Waals surface area contributed by atoms with Gasteiger partial charge in [0.25, 0.3) is 0 Å². The number of rotatable bonds is 9. The summed E-state index contributed by atoms with van der Waals surface area (Å²) in [6.45, 7) is 7.11. The van der Waals surface area contributed by atoms with E-state index in [1.54, 1.807) is 14.2 Å². The number of benzene rings is 1. The highest BCUT2D eigenvalue weighted by Crippen LogP contribution is 2.33. The van der Waals surface area contributed by atoms with Gasteiger partial charge in [0, 0.05) is 53.9 Å². The molecular weight excluding hydrogens is 392 g/mol. The summed E-state index contributed by atoms with van der Waals surface area (Å²) in [4.78, 5) is 4.66. The first kappa shape index (κ1) is 21.0. The van der Waals surface area contributed by atoms with Crippen molar-refractivity contribution in [1.29, 1.82) is 0 Å². The number of methoxy groups -OCH3 is 2. The number of pyridine rings is 1. The molecule has 154 valence electrons. The van der Waals surface area contributed by atoms with Crippen LogP contribution in [0.4, 0.5) is 0 Å². The molecule has 0 aliphatic heterocycles. The summed E-state index contributed by atoms with van der Waals surface area (Å²) in [5, 5.41) is 9.13. The van der Waals surface area contributed by atoms with Crippen molar-refractivity contribution in [2.45, 2.75) is 20.0 Å². The van der Waals surface area contributed by atoms with Crippen LogP contribution in [-0.2, 0) is 20.1 Å². The van der Waals surface area contributed by atoms with Gasteiger partial charge in [0.05, 0.1) is 25.4 Å². The maximum absolute atomic E-state index is 5.88. The first-order valence-electron chi connectivity index (χ1n) is 9.12. The Bertz CT molecular complexity index is 1030. The lowest BCUT2D eigenvalue weighted by Crippen LogP contribution is -2.15. The van der Waals surface area contributed by atoms with E-state index in [-0.39, 0.29) is 6.61 Å². The molecule has 0 spiro atoms. The number of aromatic nitrogens is 3. The monoisotopic (exact) mass is 416 g/mol. The van der Waals surface area contributed by atoms with Gasteiger partial charge in [-0.2, -0.15) is 5.10 Å². The Morgan fingerprint density at radius 1 is 1.14 bits per heavy atom. The van der Waals surface area contributed by atoms with E-state index in [1.165, 1.54) is 0 Å². The standard InChI is InChI=1S/C21H25ClN4O3/c1-13(22)12-29-21-16(9-23-10-17-11-26(3)25-14(17)2)6-15-7-19(27-4)20(28-5)8-18(15)24-21/h6-8,11,23H,1,9-10,12H2,2-5H3. The molecule has 0 radical (unpaired) electrons. The second-order valence-electron chi connectivity index (χ2n) is 6.68. The first-order chi connectivity index (χ1) is 13.9. The molecule has 0 bridgehead atoms. The molecule has 0 fully saturated rings. The second kappa shape index (κ2) is 9.15. The van der Waals surface area contributed by atoms with Crippen molar-refractivity contribution in [3.05, 3.63) is 52.8 Å². The molecular formula is C21H25ClN4O3. The Morgan fingerprint density at radius 2 is 1.83 bits per heavy atom. The Morgan fingerprint density at radius 3 is 2.45 bits per heavy atom. The molecule has 2 heterocycles. The predicted molar refractivity (Wildman–Crippen MR) is 114 cm³/mol. The minimum Gasteiger partial charge on any atom is -0.493 e. The molecule has 0 amide bonds. The van der Waals surface area contributed by atoms with E-state index < -0.39 is 0 Å². The van der Waals surface area contributed by atoms with Gasteiger partial charge in [-0.15, -0.1) is 0 Å². The van der Waals surface area contributed by atoms with Gasteiger partial charge in [-0.25, -0.2) is 4.98 Å². The fourth-order valence-corrected chi connectivity index (χ4v) is 3.13. The van der Waals surface area contributed by atoms with Crippen LogP contribution in [0.1, 0.15) is 16.8 Å². The number of hydrogen-bond donors (Lipinski definition) is 1. The van der Waals surface area contributed by atoms with Crippen LogP contribution >= 0.6 is 11.6 Å². The Labute approximate surface area is 175 Å². The smallest absolute Gasteiger partial charge is 0.218 e. The number of hydrogen-bond acceptors (Lipinski definition) is 6. The number of nitrogens with zero attached hydrogens (tertiary/aromatic N) is 3. The van der Waals surface area contributed by atoms with Crippen LogP contribution in [0.2, 0.25) is 0 Å². The second-order valence-corrected chi connectivity index (χ2v) is 7.21. The van der Waals surface area contributed by atoms with Crippen molar-refractivity contribution in [1.82, 2.24) is 20.1 Å². The average Bonchev–Trinajstić information content (AvgIpc) is 3.02. The Hall–Kier alpha value is -2.77. The molecule has 0 aliphatic rings. The maximum Gasteiger partial charge on any atom is 0.218 e. The lowest BCUT2D eigenvalue weighted by Gasteiger charge is -2.14. The van der Waals surface area contributed by atoms with Crippen molar-refractivity contribution in [3.8, 4) is 17.4 Å². The van der Waals surface area contributed by atoms with Gasteiger partial charge in [-0.05, 0) is 19.1 Å². The highest BCUT2D eigenvalue weighted by atomic mass is 35.5. The van der Waals surface area contributed by atoms with E-state index in [9.17, 15) is 0 Å². The minimum atomic E-state index is 0.183. The van der Waals surface area contributed by atoms with E-state index in [0.717, 1.165) is 27.7 Å². The fraction of sp³-hybridized carbons (Fsp3) is 0.333. The summed E-state index contributed by atoms with van der Waals surface area (Å²) in [6, 6.07) is 5.76. The fourth-order valence-electron chi connectivity index (χ4n) is 3.08. The molecule has 0 aliphatic carbocycles. The minimum absolute atomic E-state index is 0.183. The van der Waals surface area contributed by atoms with Crippen molar-refractivity contribution in [2.24, 2.45) is 7.05 Å². The largest absolute Gasteiger partial charge is 0.493 e. The third kappa shape index (κ3) is 4.99. The summed E-state index contributed by atoms with van der Waals surface area (Å²) in [5.41, 5.74) is 3.79. The molecule has 1 N–H and O–H groups in total. The molecule has 0 saturated carbocycles. The highest BCUT2D eigenvalue weighted by molar-refractivity contribution is 6.29. The molecule has 0 saturated heterocycles. The van der Waals surface area contributed by atoms with Crippen LogP contribution in [-0.4, -0.2) is 35.6 Å². The number of fused-ring (bicyclic) bond motifs is 1. The lowest BCUT2D eigenvalue weighted by molar-refractivity contribution is 0.340. The van der Waals surface area contributed by atoms with Crippen LogP contribution in [0.15, 0.2) is 36.0 Å². The Balaban J connectivity index is 1.89. The summed E-state index contributed by atoms with van der Waals surface area (Å²) in [7, 11) is 5.12. The predicted octanol–water partition coefficient (Wildman–Crippen LogP) is 3.72. The lowest BCUT2D eigenvalue weighted by atomic mass is 10.1. The van der Waals surface area contributed by atoms with E-state index in [4.69, 9.17) is 25.8 Å². The third-order valence-corrected chi connectivity index (χ3v) is 4.58. The van der Waals surface area contributed by atoms with Crippen LogP contribution in [0.25, 0.3) is 10.9 Å². The summed E-state index contributed by atoms with van der Waals surface area (Å²) < 4.78 is 18.4. The normalized spacial score (nSPS) is 10.9. The molecule has 0 unspecified atom stereocenters. The van der Waals surface area contributed by atoms with Crippen molar-refractivity contribution in [2.75, 3.05) is 20.8 Å². The van der Waals surface area contributed by atoms with Crippen molar-refractivity contribution < 1.29 is 14.2 Å². The van der Waals surface area contributed by atoms with E-state index in [0.29, 0.717) is 35.5 Å². The number of nitrogens with one attached hydrogen (secondary N) is 1. The average molecular weight is 417 g/mol. The maximum atomic E-state index is 5.88. The van der Waals surface area contributed by atoms with E-state index >= 15 is 0 Å². The zero-order valence-electron chi connectivity index (χ0n) is 17.1. The quantitative estimate of drug-likeness (QED) is 0.573. The summed E-state index contributed by atoms with van der Waals surface area (Å²) in [6.07, 6.45) is 2.01. The number of halogens is 1. The van der Waals surface area contributed by atoms with Crippen LogP contribution in [0.5, 0.6) is 17.4 Å². The van der Waals surface area contributed by atoms with Crippen molar-refractivity contribution >= 4 is 22.5 Å². The van der Waals surface area contributed by atoms with Crippen molar-refractivity contribution in [3.63, 3.8) is 0 Å². The molecule has 8 heteroatoms. The van der Waals surface area contributed by atoms with Crippen LogP contribution in [0.3, 0.4) is 0 Å². The SMILES string of the molecule is C=C(Cl)COc1nc2cc(OC)c(OC)cc2cc1CNCc1cn(C)nc1C. The molecule has 3 aromatic rings. The van der Waals surface area contributed by atoms with Gasteiger partial charge in [0.2, 0.25) is 5.88 Å². The van der Waals surface area contributed by atoms with Gasteiger partial charge in [0.1, 0.15) is 6.61 Å². The topological polar surface area (TPSA) is 70.4 Å². The molecule has 0 atom stereocenters. The van der Waals surface area contributed by atoms with Gasteiger partial charge < -0.3 is 19.5 Å². The van der Waals surface area contributed by atoms with Crippen LogP contribution < -0.4 is 19.5 Å². The number of aryl methyl sites for hydroxylation is 2. The third-order valence-electron chi connectivity index (χ3n) is 4.47. The first-order valence-corrected chi connectivity index (χ1v) is 9.50. The van der Waals surface area contributed by atoms with Gasteiger partial charge >= 0.3 is 0 Å².